The molecule has 0 radical (unpaired) electrons. The monoisotopic (exact) mass is 509 g/mol. The van der Waals surface area contributed by atoms with E-state index in [1.807, 2.05) is 45.2 Å². The second kappa shape index (κ2) is 8.54. The summed E-state index contributed by atoms with van der Waals surface area (Å²) in [7, 11) is 0. The summed E-state index contributed by atoms with van der Waals surface area (Å²) < 4.78 is 13.7. The molecule has 36 heavy (non-hydrogen) atoms. The number of carbonyl (C=O) groups excluding carboxylic acids is 2. The highest BCUT2D eigenvalue weighted by atomic mass is 35.5. The van der Waals surface area contributed by atoms with Crippen molar-refractivity contribution in [2.45, 2.75) is 33.4 Å². The van der Waals surface area contributed by atoms with Gasteiger partial charge < -0.3 is 14.8 Å². The Balaban J connectivity index is 1.31. The molecular weight excluding hydrogens is 482 g/mol. The number of morpholine rings is 1. The minimum absolute atomic E-state index is 0.0428. The van der Waals surface area contributed by atoms with Gasteiger partial charge in [0.1, 0.15) is 30.5 Å². The van der Waals surface area contributed by atoms with Crippen molar-refractivity contribution < 1.29 is 19.1 Å². The number of imide groups is 1. The van der Waals surface area contributed by atoms with E-state index in [9.17, 15) is 9.59 Å². The second-order valence-corrected chi connectivity index (χ2v) is 10.9. The van der Waals surface area contributed by atoms with Gasteiger partial charge >= 0.3 is 0 Å². The van der Waals surface area contributed by atoms with Crippen LogP contribution in [0.2, 0.25) is 5.02 Å². The van der Waals surface area contributed by atoms with Crippen molar-refractivity contribution in [1.82, 2.24) is 24.8 Å². The van der Waals surface area contributed by atoms with E-state index in [2.05, 4.69) is 15.4 Å². The normalized spacial score (nSPS) is 24.9. The van der Waals surface area contributed by atoms with Gasteiger partial charge in [-0.2, -0.15) is 5.10 Å². The van der Waals surface area contributed by atoms with Gasteiger partial charge in [-0.3, -0.25) is 14.5 Å². The lowest BCUT2D eigenvalue weighted by Gasteiger charge is -2.24. The minimum atomic E-state index is -0.228. The number of hydrogen-bond donors (Lipinski definition) is 1. The third-order valence-corrected chi connectivity index (χ3v) is 7.83. The van der Waals surface area contributed by atoms with Gasteiger partial charge in [0.15, 0.2) is 0 Å². The minimum Gasteiger partial charge on any atom is -0.490 e. The number of hydrogen-bond acceptors (Lipinski definition) is 7. The van der Waals surface area contributed by atoms with Crippen LogP contribution in [0.4, 0.5) is 0 Å². The molecule has 2 unspecified atom stereocenters. The van der Waals surface area contributed by atoms with E-state index in [-0.39, 0.29) is 41.7 Å². The Morgan fingerprint density at radius 3 is 2.72 bits per heavy atom. The Hall–Kier alpha value is -3.01. The Kier molecular flexibility index (Phi) is 5.55. The Morgan fingerprint density at radius 1 is 1.22 bits per heavy atom. The van der Waals surface area contributed by atoms with Crippen molar-refractivity contribution in [3.8, 4) is 17.0 Å². The molecule has 1 saturated carbocycles. The molecule has 2 aliphatic heterocycles. The molecule has 3 fully saturated rings. The number of ether oxygens (including phenoxy) is 2. The highest BCUT2D eigenvalue weighted by molar-refractivity contribution is 6.31. The molecule has 1 aliphatic carbocycles. The number of nitrogens with zero attached hydrogens (tertiary/aromatic N) is 4. The Morgan fingerprint density at radius 2 is 2.00 bits per heavy atom. The standard InChI is InChI=1S/C26H28ClN5O4/c1-14-6-16(27)8-18(23(14)36-12-17-9-28-4-5-35-17)22-19-7-15(11-32(19)30-13-29-22)10-31-24(33)20-21(25(31)34)26(20,2)3/h6-8,11,13,17,20-21,28H,4-5,9-10,12H2,1-3H3/t17-,20?,21?/m1/s1. The molecule has 0 bridgehead atoms. The molecule has 2 aromatic heterocycles. The van der Waals surface area contributed by atoms with Gasteiger partial charge in [0.25, 0.3) is 0 Å². The van der Waals surface area contributed by atoms with Crippen LogP contribution in [0.3, 0.4) is 0 Å². The van der Waals surface area contributed by atoms with Gasteiger partial charge in [0.2, 0.25) is 11.8 Å². The van der Waals surface area contributed by atoms with E-state index >= 15 is 0 Å². The molecule has 3 aliphatic rings. The SMILES string of the molecule is Cc1cc(Cl)cc(-c2ncnn3cc(CN4C(=O)C5C(C4=O)C5(C)C)cc23)c1OC[C@H]1CNCCO1. The number of benzene rings is 1. The summed E-state index contributed by atoms with van der Waals surface area (Å²) in [4.78, 5) is 31.6. The van der Waals surface area contributed by atoms with E-state index in [0.717, 1.165) is 35.3 Å². The zero-order valence-corrected chi connectivity index (χ0v) is 21.2. The van der Waals surface area contributed by atoms with Gasteiger partial charge in [-0.25, -0.2) is 9.50 Å². The number of aryl methyl sites for hydroxylation is 1. The third-order valence-electron chi connectivity index (χ3n) is 7.61. The molecule has 3 atom stereocenters. The van der Waals surface area contributed by atoms with E-state index in [4.69, 9.17) is 21.1 Å². The van der Waals surface area contributed by atoms with E-state index in [1.165, 1.54) is 11.2 Å². The summed E-state index contributed by atoms with van der Waals surface area (Å²) >= 11 is 6.44. The average Bonchev–Trinajstić information content (AvgIpc) is 3.10. The maximum absolute atomic E-state index is 12.8. The third kappa shape index (κ3) is 3.77. The Labute approximate surface area is 213 Å². The maximum atomic E-state index is 12.8. The van der Waals surface area contributed by atoms with Crippen LogP contribution in [-0.2, 0) is 20.9 Å². The lowest BCUT2D eigenvalue weighted by atomic mass is 10.0. The number of fused-ring (bicyclic) bond motifs is 2. The molecule has 2 amide bonds. The van der Waals surface area contributed by atoms with Gasteiger partial charge in [0.05, 0.1) is 30.5 Å². The van der Waals surface area contributed by atoms with Crippen molar-refractivity contribution in [2.75, 3.05) is 26.3 Å². The van der Waals surface area contributed by atoms with Crippen LogP contribution in [-0.4, -0.2) is 63.7 Å². The van der Waals surface area contributed by atoms with Crippen LogP contribution >= 0.6 is 11.6 Å². The first-order chi connectivity index (χ1) is 17.3. The largest absolute Gasteiger partial charge is 0.490 e. The smallest absolute Gasteiger partial charge is 0.233 e. The number of rotatable bonds is 6. The molecule has 6 rings (SSSR count). The van der Waals surface area contributed by atoms with Crippen LogP contribution in [0.1, 0.15) is 25.0 Å². The Bertz CT molecular complexity index is 1360. The van der Waals surface area contributed by atoms with E-state index in [1.54, 1.807) is 4.52 Å². The highest BCUT2D eigenvalue weighted by Gasteiger charge is 2.72. The topological polar surface area (TPSA) is 98.1 Å². The molecule has 2 saturated heterocycles. The quantitative estimate of drug-likeness (QED) is 0.510. The fraction of sp³-hybridized carbons (Fsp3) is 0.462. The molecule has 0 spiro atoms. The van der Waals surface area contributed by atoms with E-state index in [0.29, 0.717) is 29.7 Å². The molecule has 188 valence electrons. The first-order valence-electron chi connectivity index (χ1n) is 12.2. The molecule has 4 heterocycles. The lowest BCUT2D eigenvalue weighted by molar-refractivity contribution is -0.143. The van der Waals surface area contributed by atoms with Crippen molar-refractivity contribution in [1.29, 1.82) is 0 Å². The number of piperidine rings is 1. The van der Waals surface area contributed by atoms with Crippen LogP contribution in [0.25, 0.3) is 16.8 Å². The van der Waals surface area contributed by atoms with Crippen LogP contribution in [0.5, 0.6) is 5.75 Å². The second-order valence-electron chi connectivity index (χ2n) is 10.4. The predicted octanol–water partition coefficient (Wildman–Crippen LogP) is 2.87. The molecule has 3 aromatic rings. The number of halogens is 1. The van der Waals surface area contributed by atoms with Crippen LogP contribution in [0, 0.1) is 24.2 Å². The van der Waals surface area contributed by atoms with E-state index < -0.39 is 0 Å². The van der Waals surface area contributed by atoms with Crippen molar-refractivity contribution >= 4 is 28.9 Å². The molecule has 1 aromatic carbocycles. The van der Waals surface area contributed by atoms with Gasteiger partial charge in [-0.05, 0) is 41.7 Å². The number of amides is 2. The zero-order chi connectivity index (χ0) is 25.2. The van der Waals surface area contributed by atoms with Gasteiger partial charge in [0, 0.05) is 29.9 Å². The summed E-state index contributed by atoms with van der Waals surface area (Å²) in [5.41, 5.74) is 3.60. The highest BCUT2D eigenvalue weighted by Crippen LogP contribution is 2.63. The maximum Gasteiger partial charge on any atom is 0.233 e. The molecule has 9 nitrogen and oxygen atoms in total. The van der Waals surface area contributed by atoms with Gasteiger partial charge in [-0.1, -0.05) is 25.4 Å². The fourth-order valence-corrected chi connectivity index (χ4v) is 5.89. The van der Waals surface area contributed by atoms with Crippen molar-refractivity contribution in [2.24, 2.45) is 17.3 Å². The average molecular weight is 510 g/mol. The lowest BCUT2D eigenvalue weighted by Crippen LogP contribution is -2.41. The van der Waals surface area contributed by atoms with Crippen LogP contribution < -0.4 is 10.1 Å². The predicted molar refractivity (Wildman–Crippen MR) is 133 cm³/mol. The van der Waals surface area contributed by atoms with Crippen molar-refractivity contribution in [3.63, 3.8) is 0 Å². The van der Waals surface area contributed by atoms with Gasteiger partial charge in [-0.15, -0.1) is 0 Å². The zero-order valence-electron chi connectivity index (χ0n) is 20.5. The fourth-order valence-electron chi connectivity index (χ4n) is 5.62. The van der Waals surface area contributed by atoms with Crippen molar-refractivity contribution in [3.05, 3.63) is 46.9 Å². The summed E-state index contributed by atoms with van der Waals surface area (Å²) in [6.45, 7) is 8.74. The molecule has 1 N–H and O–H groups in total. The first-order valence-corrected chi connectivity index (χ1v) is 12.6. The number of carbonyl (C=O) groups is 2. The number of likely N-dealkylation sites (tertiary alicyclic amines) is 1. The molecule has 10 heteroatoms. The molecular formula is C26H28ClN5O4. The summed E-state index contributed by atoms with van der Waals surface area (Å²) in [5.74, 6) is 0.114. The first kappa shape index (κ1) is 23.4. The summed E-state index contributed by atoms with van der Waals surface area (Å²) in [5, 5.41) is 8.24. The number of aromatic nitrogens is 3. The summed E-state index contributed by atoms with van der Waals surface area (Å²) in [6, 6.07) is 5.61. The summed E-state index contributed by atoms with van der Waals surface area (Å²) in [6.07, 6.45) is 3.26. The van der Waals surface area contributed by atoms with Crippen LogP contribution in [0.15, 0.2) is 30.7 Å². The number of nitrogens with one attached hydrogen (secondary N) is 1.